The van der Waals surface area contributed by atoms with E-state index in [1.54, 1.807) is 35.9 Å². The van der Waals surface area contributed by atoms with Gasteiger partial charge in [0.15, 0.2) is 15.6 Å². The smallest absolute Gasteiger partial charge is 0.319 e. The van der Waals surface area contributed by atoms with E-state index in [0.717, 1.165) is 5.52 Å². The third-order valence-corrected chi connectivity index (χ3v) is 4.13. The van der Waals surface area contributed by atoms with Crippen molar-refractivity contribution < 1.29 is 18.3 Å². The highest BCUT2D eigenvalue weighted by Crippen LogP contribution is 2.25. The van der Waals surface area contributed by atoms with Crippen LogP contribution in [0.4, 0.5) is 0 Å². The second kappa shape index (κ2) is 3.89. The number of fused-ring (bicyclic) bond motifs is 1. The second-order valence-electron chi connectivity index (χ2n) is 3.77. The Morgan fingerprint density at radius 2 is 2.00 bits per heavy atom. The van der Waals surface area contributed by atoms with Gasteiger partial charge in [0.05, 0.1) is 4.90 Å². The summed E-state index contributed by atoms with van der Waals surface area (Å²) >= 11 is 0. The van der Waals surface area contributed by atoms with Crippen LogP contribution in [0.2, 0.25) is 0 Å². The Bertz CT molecular complexity index is 685. The maximum absolute atomic E-state index is 11.9. The van der Waals surface area contributed by atoms with Crippen LogP contribution in [0.1, 0.15) is 0 Å². The molecule has 0 atom stereocenters. The maximum Gasteiger partial charge on any atom is 0.319 e. The third kappa shape index (κ3) is 2.03. The van der Waals surface area contributed by atoms with Crippen LogP contribution in [0.3, 0.4) is 0 Å². The number of carboxylic acid groups (broad SMARTS) is 1. The Labute approximate surface area is 98.2 Å². The molecular formula is C11H11NO4S. The van der Waals surface area contributed by atoms with Gasteiger partial charge in [-0.3, -0.25) is 4.79 Å². The summed E-state index contributed by atoms with van der Waals surface area (Å²) in [6.45, 7) is 0. The van der Waals surface area contributed by atoms with E-state index in [9.17, 15) is 13.2 Å². The minimum absolute atomic E-state index is 0.0676. The van der Waals surface area contributed by atoms with E-state index in [1.165, 1.54) is 6.20 Å². The molecule has 1 aromatic carbocycles. The van der Waals surface area contributed by atoms with Gasteiger partial charge in [-0.1, -0.05) is 18.2 Å². The first-order valence-corrected chi connectivity index (χ1v) is 6.55. The van der Waals surface area contributed by atoms with Crippen LogP contribution in [-0.4, -0.2) is 29.8 Å². The van der Waals surface area contributed by atoms with Gasteiger partial charge >= 0.3 is 5.97 Å². The lowest BCUT2D eigenvalue weighted by Gasteiger charge is -1.98. The molecule has 2 rings (SSSR count). The normalized spacial score (nSPS) is 11.8. The molecule has 0 spiro atoms. The molecule has 0 fully saturated rings. The number of rotatable bonds is 3. The van der Waals surface area contributed by atoms with Gasteiger partial charge in [-0.2, -0.15) is 0 Å². The molecular weight excluding hydrogens is 242 g/mol. The highest BCUT2D eigenvalue weighted by Gasteiger charge is 2.23. The number of hydrogen-bond donors (Lipinski definition) is 1. The summed E-state index contributed by atoms with van der Waals surface area (Å²) in [6.07, 6.45) is 1.45. The lowest BCUT2D eigenvalue weighted by atomic mass is 10.2. The number of aryl methyl sites for hydroxylation is 1. The van der Waals surface area contributed by atoms with Gasteiger partial charge in [0.25, 0.3) is 0 Å². The Balaban J connectivity index is 2.68. The number of carboxylic acids is 1. The summed E-state index contributed by atoms with van der Waals surface area (Å²) < 4.78 is 25.4. The highest BCUT2D eigenvalue weighted by molar-refractivity contribution is 7.92. The molecule has 2 aromatic rings. The predicted octanol–water partition coefficient (Wildman–Crippen LogP) is 1.04. The van der Waals surface area contributed by atoms with Crippen molar-refractivity contribution in [1.82, 2.24) is 4.57 Å². The van der Waals surface area contributed by atoms with Crippen LogP contribution in [0.25, 0.3) is 10.9 Å². The summed E-state index contributed by atoms with van der Waals surface area (Å²) in [5, 5.41) is 9.16. The molecule has 0 unspecified atom stereocenters. The fourth-order valence-corrected chi connectivity index (χ4v) is 3.10. The summed E-state index contributed by atoms with van der Waals surface area (Å²) in [5.74, 6) is -2.24. The van der Waals surface area contributed by atoms with E-state index in [4.69, 9.17) is 5.11 Å². The largest absolute Gasteiger partial charge is 0.480 e. The molecule has 0 amide bonds. The fourth-order valence-electron chi connectivity index (χ4n) is 1.79. The summed E-state index contributed by atoms with van der Waals surface area (Å²) in [6, 6.07) is 6.98. The maximum atomic E-state index is 11.9. The fraction of sp³-hybridized carbons (Fsp3) is 0.182. The Morgan fingerprint density at radius 1 is 1.35 bits per heavy atom. The van der Waals surface area contributed by atoms with Gasteiger partial charge in [-0.05, 0) is 6.07 Å². The van der Waals surface area contributed by atoms with Gasteiger partial charge in [0.1, 0.15) is 0 Å². The zero-order valence-corrected chi connectivity index (χ0v) is 9.94. The molecule has 0 aliphatic rings. The van der Waals surface area contributed by atoms with Gasteiger partial charge in [-0.15, -0.1) is 0 Å². The quantitative estimate of drug-likeness (QED) is 0.886. The van der Waals surface area contributed by atoms with Crippen LogP contribution in [0, 0.1) is 0 Å². The Kier molecular flexibility index (Phi) is 2.66. The number of benzene rings is 1. The van der Waals surface area contributed by atoms with Gasteiger partial charge in [0, 0.05) is 24.1 Å². The van der Waals surface area contributed by atoms with Gasteiger partial charge in [0.2, 0.25) is 0 Å². The van der Waals surface area contributed by atoms with E-state index >= 15 is 0 Å². The second-order valence-corrected chi connectivity index (χ2v) is 5.73. The first-order chi connectivity index (χ1) is 7.92. The van der Waals surface area contributed by atoms with Crippen molar-refractivity contribution in [2.24, 2.45) is 7.05 Å². The number of para-hydroxylation sites is 1. The van der Waals surface area contributed by atoms with E-state index < -0.39 is 21.6 Å². The number of sulfone groups is 1. The number of aromatic nitrogens is 1. The van der Waals surface area contributed by atoms with Crippen molar-refractivity contribution in [2.75, 3.05) is 5.75 Å². The number of nitrogens with zero attached hydrogens (tertiary/aromatic N) is 1. The van der Waals surface area contributed by atoms with E-state index in [2.05, 4.69) is 0 Å². The molecule has 0 radical (unpaired) electrons. The van der Waals surface area contributed by atoms with Crippen LogP contribution >= 0.6 is 0 Å². The topological polar surface area (TPSA) is 76.4 Å². The average molecular weight is 253 g/mol. The van der Waals surface area contributed by atoms with Crippen molar-refractivity contribution in [3.05, 3.63) is 30.5 Å². The zero-order chi connectivity index (χ0) is 12.6. The standard InChI is InChI=1S/C11H11NO4S/c1-12-6-10(17(15,16)7-11(13)14)8-4-2-3-5-9(8)12/h2-6H,7H2,1H3,(H,13,14). The third-order valence-electron chi connectivity index (χ3n) is 2.51. The highest BCUT2D eigenvalue weighted by atomic mass is 32.2. The van der Waals surface area contributed by atoms with Crippen molar-refractivity contribution in [1.29, 1.82) is 0 Å². The molecule has 1 aromatic heterocycles. The Hall–Kier alpha value is -1.82. The van der Waals surface area contributed by atoms with Gasteiger partial charge in [-0.25, -0.2) is 8.42 Å². The molecule has 90 valence electrons. The summed E-state index contributed by atoms with van der Waals surface area (Å²) in [7, 11) is -2.06. The molecule has 1 heterocycles. The van der Waals surface area contributed by atoms with Crippen LogP contribution < -0.4 is 0 Å². The van der Waals surface area contributed by atoms with E-state index in [-0.39, 0.29) is 4.90 Å². The molecule has 1 N–H and O–H groups in total. The molecule has 17 heavy (non-hydrogen) atoms. The molecule has 0 saturated carbocycles. The number of hydrogen-bond acceptors (Lipinski definition) is 3. The zero-order valence-electron chi connectivity index (χ0n) is 9.12. The average Bonchev–Trinajstić information content (AvgIpc) is 2.56. The van der Waals surface area contributed by atoms with E-state index in [1.807, 2.05) is 0 Å². The minimum Gasteiger partial charge on any atom is -0.480 e. The summed E-state index contributed by atoms with van der Waals surface area (Å²) in [4.78, 5) is 10.6. The summed E-state index contributed by atoms with van der Waals surface area (Å²) in [5.41, 5.74) is 0.761. The molecule has 6 heteroatoms. The lowest BCUT2D eigenvalue weighted by molar-refractivity contribution is -0.134. The van der Waals surface area contributed by atoms with Crippen molar-refractivity contribution >= 4 is 26.7 Å². The first kappa shape index (κ1) is 11.7. The monoisotopic (exact) mass is 253 g/mol. The van der Waals surface area contributed by atoms with Crippen molar-refractivity contribution in [3.8, 4) is 0 Å². The molecule has 0 bridgehead atoms. The van der Waals surface area contributed by atoms with E-state index in [0.29, 0.717) is 5.39 Å². The van der Waals surface area contributed by atoms with Crippen LogP contribution in [0.15, 0.2) is 35.4 Å². The van der Waals surface area contributed by atoms with Crippen molar-refractivity contribution in [3.63, 3.8) is 0 Å². The van der Waals surface area contributed by atoms with Crippen LogP contribution in [0.5, 0.6) is 0 Å². The molecule has 5 nitrogen and oxygen atoms in total. The SMILES string of the molecule is Cn1cc(S(=O)(=O)CC(=O)O)c2ccccc21. The van der Waals surface area contributed by atoms with Crippen LogP contribution in [-0.2, 0) is 21.7 Å². The number of aliphatic carboxylic acids is 1. The number of carbonyl (C=O) groups is 1. The molecule has 0 aliphatic heterocycles. The van der Waals surface area contributed by atoms with Crippen molar-refractivity contribution in [2.45, 2.75) is 4.90 Å². The molecule has 0 saturated heterocycles. The lowest BCUT2D eigenvalue weighted by Crippen LogP contribution is -2.15. The predicted molar refractivity (Wildman–Crippen MR) is 62.6 cm³/mol. The molecule has 0 aliphatic carbocycles. The minimum atomic E-state index is -3.79. The van der Waals surface area contributed by atoms with Gasteiger partial charge < -0.3 is 9.67 Å². The Morgan fingerprint density at radius 3 is 2.65 bits per heavy atom. The first-order valence-electron chi connectivity index (χ1n) is 4.90.